The van der Waals surface area contributed by atoms with Crippen LogP contribution in [0.4, 0.5) is 10.1 Å². The van der Waals surface area contributed by atoms with Crippen molar-refractivity contribution in [1.82, 2.24) is 4.98 Å². The van der Waals surface area contributed by atoms with Gasteiger partial charge >= 0.3 is 0 Å². The van der Waals surface area contributed by atoms with Gasteiger partial charge in [0.1, 0.15) is 0 Å². The van der Waals surface area contributed by atoms with E-state index < -0.39 is 5.95 Å². The quantitative estimate of drug-likeness (QED) is 0.809. The molecule has 1 saturated carbocycles. The summed E-state index contributed by atoms with van der Waals surface area (Å²) >= 11 is 0. The lowest BCUT2D eigenvalue weighted by atomic mass is 9.81. The molecule has 0 amide bonds. The molecule has 1 aliphatic carbocycles. The Morgan fingerprint density at radius 3 is 2.89 bits per heavy atom. The number of rotatable bonds is 4. The Morgan fingerprint density at radius 2 is 2.22 bits per heavy atom. The number of nitrogens with one attached hydrogen (secondary N) is 1. The van der Waals surface area contributed by atoms with Crippen molar-refractivity contribution in [1.29, 1.82) is 0 Å². The maximum atomic E-state index is 12.7. The molecule has 1 aromatic rings. The second-order valence-corrected chi connectivity index (χ2v) is 5.87. The topological polar surface area (TPSA) is 24.9 Å². The van der Waals surface area contributed by atoms with Crippen LogP contribution >= 0.6 is 0 Å². The highest BCUT2D eigenvalue weighted by Crippen LogP contribution is 2.30. The minimum atomic E-state index is -0.415. The summed E-state index contributed by atoms with van der Waals surface area (Å²) in [6.45, 7) is 4.59. The van der Waals surface area contributed by atoms with Crippen molar-refractivity contribution in [2.24, 2.45) is 11.8 Å². The summed E-state index contributed by atoms with van der Waals surface area (Å²) in [4.78, 5) is 3.68. The zero-order valence-electron chi connectivity index (χ0n) is 11.3. The fourth-order valence-electron chi connectivity index (χ4n) is 3.00. The molecule has 0 aliphatic heterocycles. The molecule has 1 fully saturated rings. The lowest BCUT2D eigenvalue weighted by Crippen LogP contribution is -2.28. The number of aromatic nitrogens is 1. The van der Waals surface area contributed by atoms with Gasteiger partial charge in [0, 0.05) is 6.04 Å². The van der Waals surface area contributed by atoms with Crippen molar-refractivity contribution in [3.05, 3.63) is 24.3 Å². The van der Waals surface area contributed by atoms with Crippen LogP contribution in [0.25, 0.3) is 0 Å². The number of hydrogen-bond donors (Lipinski definition) is 1. The van der Waals surface area contributed by atoms with Crippen LogP contribution < -0.4 is 5.32 Å². The van der Waals surface area contributed by atoms with Crippen molar-refractivity contribution in [3.63, 3.8) is 0 Å². The zero-order valence-corrected chi connectivity index (χ0v) is 11.3. The molecule has 0 radical (unpaired) electrons. The van der Waals surface area contributed by atoms with Gasteiger partial charge in [0.2, 0.25) is 5.95 Å². The molecule has 3 heteroatoms. The molecule has 2 rings (SSSR count). The van der Waals surface area contributed by atoms with Gasteiger partial charge in [-0.1, -0.05) is 26.7 Å². The van der Waals surface area contributed by atoms with Crippen LogP contribution in [0, 0.1) is 17.8 Å². The van der Waals surface area contributed by atoms with Crippen molar-refractivity contribution in [2.45, 2.75) is 52.0 Å². The van der Waals surface area contributed by atoms with Crippen molar-refractivity contribution < 1.29 is 4.39 Å². The summed E-state index contributed by atoms with van der Waals surface area (Å²) in [6.07, 6.45) is 8.00. The fourth-order valence-corrected chi connectivity index (χ4v) is 3.00. The van der Waals surface area contributed by atoms with Crippen LogP contribution in [0.3, 0.4) is 0 Å². The maximum Gasteiger partial charge on any atom is 0.212 e. The average molecular weight is 250 g/mol. The summed E-state index contributed by atoms with van der Waals surface area (Å²) in [6, 6.07) is 3.71. The number of nitrogens with zero attached hydrogens (tertiary/aromatic N) is 1. The number of anilines is 1. The summed E-state index contributed by atoms with van der Waals surface area (Å²) in [5.74, 6) is 1.20. The van der Waals surface area contributed by atoms with Crippen LogP contribution in [0.1, 0.15) is 46.0 Å². The number of pyridine rings is 1. The smallest absolute Gasteiger partial charge is 0.212 e. The second-order valence-electron chi connectivity index (χ2n) is 5.87. The van der Waals surface area contributed by atoms with E-state index in [0.717, 1.165) is 17.5 Å². The molecule has 2 atom stereocenters. The molecule has 1 heterocycles. The van der Waals surface area contributed by atoms with Gasteiger partial charge in [0.15, 0.2) is 0 Å². The fraction of sp³-hybridized carbons (Fsp3) is 0.667. The first-order chi connectivity index (χ1) is 8.63. The Bertz CT molecular complexity index is 361. The van der Waals surface area contributed by atoms with Crippen LogP contribution in [0.15, 0.2) is 18.3 Å². The largest absolute Gasteiger partial charge is 0.381 e. The summed E-state index contributed by atoms with van der Waals surface area (Å²) in [7, 11) is 0. The molecule has 0 aromatic carbocycles. The molecule has 100 valence electrons. The first-order valence-electron chi connectivity index (χ1n) is 7.01. The molecule has 0 saturated heterocycles. The van der Waals surface area contributed by atoms with E-state index in [1.165, 1.54) is 38.2 Å². The maximum absolute atomic E-state index is 12.7. The standard InChI is InChI=1S/C15H23FN2/c1-11(2)8-12-4-3-5-13(9-12)18-14-6-7-15(16)17-10-14/h6-7,10-13,18H,3-5,8-9H2,1-2H3. The van der Waals surface area contributed by atoms with E-state index >= 15 is 0 Å². The third kappa shape index (κ3) is 3.97. The van der Waals surface area contributed by atoms with Gasteiger partial charge in [-0.2, -0.15) is 4.39 Å². The van der Waals surface area contributed by atoms with Gasteiger partial charge in [-0.3, -0.25) is 0 Å². The molecule has 18 heavy (non-hydrogen) atoms. The SMILES string of the molecule is CC(C)CC1CCCC(Nc2ccc(F)nc2)C1. The molecular formula is C15H23FN2. The minimum Gasteiger partial charge on any atom is -0.381 e. The molecule has 0 bridgehead atoms. The molecule has 1 aliphatic rings. The van der Waals surface area contributed by atoms with Crippen LogP contribution in [-0.4, -0.2) is 11.0 Å². The minimum absolute atomic E-state index is 0.415. The lowest BCUT2D eigenvalue weighted by Gasteiger charge is -2.31. The van der Waals surface area contributed by atoms with E-state index in [1.54, 1.807) is 12.3 Å². The highest BCUT2D eigenvalue weighted by molar-refractivity contribution is 5.41. The Labute approximate surface area is 109 Å². The van der Waals surface area contributed by atoms with E-state index in [2.05, 4.69) is 24.1 Å². The van der Waals surface area contributed by atoms with E-state index in [0.29, 0.717) is 6.04 Å². The number of halogens is 1. The normalized spacial score (nSPS) is 24.2. The van der Waals surface area contributed by atoms with E-state index in [-0.39, 0.29) is 0 Å². The second kappa shape index (κ2) is 6.17. The Balaban J connectivity index is 1.87. The van der Waals surface area contributed by atoms with Gasteiger partial charge in [-0.15, -0.1) is 0 Å². The van der Waals surface area contributed by atoms with Gasteiger partial charge in [0.05, 0.1) is 11.9 Å². The molecule has 2 nitrogen and oxygen atoms in total. The van der Waals surface area contributed by atoms with E-state index in [1.807, 2.05) is 0 Å². The first kappa shape index (κ1) is 13.3. The van der Waals surface area contributed by atoms with Crippen LogP contribution in [0.5, 0.6) is 0 Å². The van der Waals surface area contributed by atoms with Crippen molar-refractivity contribution in [3.8, 4) is 0 Å². The molecule has 0 spiro atoms. The Morgan fingerprint density at radius 1 is 1.39 bits per heavy atom. The van der Waals surface area contributed by atoms with Crippen LogP contribution in [-0.2, 0) is 0 Å². The van der Waals surface area contributed by atoms with Crippen LogP contribution in [0.2, 0.25) is 0 Å². The zero-order chi connectivity index (χ0) is 13.0. The predicted octanol–water partition coefficient (Wildman–Crippen LogP) is 4.24. The van der Waals surface area contributed by atoms with Gasteiger partial charge in [-0.25, -0.2) is 4.98 Å². The van der Waals surface area contributed by atoms with E-state index in [4.69, 9.17) is 0 Å². The highest BCUT2D eigenvalue weighted by Gasteiger charge is 2.22. The first-order valence-corrected chi connectivity index (χ1v) is 7.01. The summed E-state index contributed by atoms with van der Waals surface area (Å²) in [5, 5.41) is 3.48. The molecular weight excluding hydrogens is 227 g/mol. The Hall–Kier alpha value is -1.12. The molecule has 1 N–H and O–H groups in total. The predicted molar refractivity (Wildman–Crippen MR) is 73.0 cm³/mol. The van der Waals surface area contributed by atoms with Crippen molar-refractivity contribution >= 4 is 5.69 Å². The number of hydrogen-bond acceptors (Lipinski definition) is 2. The average Bonchev–Trinajstić information content (AvgIpc) is 2.32. The highest BCUT2D eigenvalue weighted by atomic mass is 19.1. The summed E-state index contributed by atoms with van der Waals surface area (Å²) < 4.78 is 12.7. The third-order valence-electron chi connectivity index (χ3n) is 3.69. The molecule has 1 aromatic heterocycles. The molecule has 2 unspecified atom stereocenters. The van der Waals surface area contributed by atoms with Gasteiger partial charge in [-0.05, 0) is 43.2 Å². The Kier molecular flexibility index (Phi) is 4.56. The third-order valence-corrected chi connectivity index (χ3v) is 3.69. The lowest BCUT2D eigenvalue weighted by molar-refractivity contribution is 0.289. The van der Waals surface area contributed by atoms with Gasteiger partial charge in [0.25, 0.3) is 0 Å². The monoisotopic (exact) mass is 250 g/mol. The van der Waals surface area contributed by atoms with Crippen molar-refractivity contribution in [2.75, 3.05) is 5.32 Å². The van der Waals surface area contributed by atoms with Gasteiger partial charge < -0.3 is 5.32 Å². The summed E-state index contributed by atoms with van der Waals surface area (Å²) in [5.41, 5.74) is 0.937. The van der Waals surface area contributed by atoms with E-state index in [9.17, 15) is 4.39 Å².